The topological polar surface area (TPSA) is 80.9 Å². The number of hydrogen-bond acceptors (Lipinski definition) is 4. The fourth-order valence-corrected chi connectivity index (χ4v) is 6.14. The number of aliphatic hydroxyl groups is 4. The van der Waals surface area contributed by atoms with Gasteiger partial charge in [-0.3, -0.25) is 0 Å². The Bertz CT molecular complexity index is 601. The molecule has 2 aliphatic rings. The normalized spacial score (nSPS) is 33.5. The first-order valence-electron chi connectivity index (χ1n) is 12.0. The summed E-state index contributed by atoms with van der Waals surface area (Å²) in [6.07, 6.45) is 4.46. The Kier molecular flexibility index (Phi) is 7.93. The fraction of sp³-hybridized carbons (Fsp3) is 0.923. The molecule has 4 N–H and O–H groups in total. The Balaban J connectivity index is 2.39. The summed E-state index contributed by atoms with van der Waals surface area (Å²) >= 11 is 0. The molecule has 176 valence electrons. The summed E-state index contributed by atoms with van der Waals surface area (Å²) < 4.78 is 0. The number of hydrogen-bond donors (Lipinski definition) is 4. The summed E-state index contributed by atoms with van der Waals surface area (Å²) in [7, 11) is 0. The first kappa shape index (κ1) is 25.8. The van der Waals surface area contributed by atoms with Crippen molar-refractivity contribution in [3.8, 4) is 0 Å². The third kappa shape index (κ3) is 5.31. The van der Waals surface area contributed by atoms with Gasteiger partial charge in [-0.2, -0.15) is 0 Å². The van der Waals surface area contributed by atoms with Crippen LogP contribution in [0, 0.1) is 39.9 Å². The standard InChI is InChI=1S/C26H48O4/c1-16(2)25(6,7)20-14-18(10-12-22(20)28)26(8,15-23(29)30)17-9-11-21(27)19(13-17)24(3,4)5/h10,16-17,19-23,27-30H,9,11-15H2,1-8H3. The molecule has 30 heavy (non-hydrogen) atoms. The molecule has 4 nitrogen and oxygen atoms in total. The van der Waals surface area contributed by atoms with Crippen molar-refractivity contribution in [2.75, 3.05) is 0 Å². The van der Waals surface area contributed by atoms with Gasteiger partial charge in [-0.05, 0) is 72.0 Å². The quantitative estimate of drug-likeness (QED) is 0.361. The minimum absolute atomic E-state index is 0.00558. The largest absolute Gasteiger partial charge is 0.393 e. The average Bonchev–Trinajstić information content (AvgIpc) is 2.60. The van der Waals surface area contributed by atoms with Crippen LogP contribution in [0.5, 0.6) is 0 Å². The van der Waals surface area contributed by atoms with Crippen molar-refractivity contribution in [1.82, 2.24) is 0 Å². The van der Waals surface area contributed by atoms with Crippen LogP contribution in [0.3, 0.4) is 0 Å². The second-order valence-electron chi connectivity index (χ2n) is 12.5. The highest BCUT2D eigenvalue weighted by Gasteiger charge is 2.48. The monoisotopic (exact) mass is 424 g/mol. The highest BCUT2D eigenvalue weighted by molar-refractivity contribution is 5.21. The summed E-state index contributed by atoms with van der Waals surface area (Å²) in [6.45, 7) is 17.7. The van der Waals surface area contributed by atoms with Gasteiger partial charge < -0.3 is 20.4 Å². The molecule has 0 saturated heterocycles. The molecular formula is C26H48O4. The SMILES string of the molecule is CC(C)C(C)(C)C1CC(C(C)(CC(O)O)C2CCC(O)C(C(C)(C)C)C2)=CCC1O. The molecule has 2 rings (SSSR count). The molecule has 0 spiro atoms. The van der Waals surface area contributed by atoms with Gasteiger partial charge in [-0.25, -0.2) is 0 Å². The van der Waals surface area contributed by atoms with Crippen LogP contribution in [-0.2, 0) is 0 Å². The summed E-state index contributed by atoms with van der Waals surface area (Å²) in [5.41, 5.74) is 0.932. The lowest BCUT2D eigenvalue weighted by molar-refractivity contribution is -0.0915. The molecule has 4 heteroatoms. The van der Waals surface area contributed by atoms with Crippen LogP contribution in [0.15, 0.2) is 11.6 Å². The van der Waals surface area contributed by atoms with E-state index in [1.807, 2.05) is 0 Å². The Morgan fingerprint density at radius 3 is 2.03 bits per heavy atom. The third-order valence-corrected chi connectivity index (χ3v) is 9.12. The maximum Gasteiger partial charge on any atom is 0.152 e. The lowest BCUT2D eigenvalue weighted by atomic mass is 9.55. The fourth-order valence-electron chi connectivity index (χ4n) is 6.14. The van der Waals surface area contributed by atoms with Crippen LogP contribution in [0.2, 0.25) is 0 Å². The molecule has 2 aliphatic carbocycles. The Morgan fingerprint density at radius 2 is 1.53 bits per heavy atom. The first-order chi connectivity index (χ1) is 13.6. The Hall–Kier alpha value is -0.420. The molecule has 6 unspecified atom stereocenters. The molecule has 0 aliphatic heterocycles. The van der Waals surface area contributed by atoms with Crippen molar-refractivity contribution in [2.24, 2.45) is 39.9 Å². The molecule has 1 fully saturated rings. The van der Waals surface area contributed by atoms with Crippen molar-refractivity contribution in [3.05, 3.63) is 11.6 Å². The van der Waals surface area contributed by atoms with Crippen LogP contribution >= 0.6 is 0 Å². The predicted molar refractivity (Wildman–Crippen MR) is 123 cm³/mol. The minimum Gasteiger partial charge on any atom is -0.393 e. The van der Waals surface area contributed by atoms with Gasteiger partial charge in [0.2, 0.25) is 0 Å². The number of rotatable bonds is 6. The minimum atomic E-state index is -1.36. The Labute approximate surface area is 184 Å². The molecular weight excluding hydrogens is 376 g/mol. The van der Waals surface area contributed by atoms with Crippen molar-refractivity contribution in [2.45, 2.75) is 112 Å². The lowest BCUT2D eigenvalue weighted by Gasteiger charge is -2.51. The molecule has 1 saturated carbocycles. The van der Waals surface area contributed by atoms with Crippen molar-refractivity contribution >= 4 is 0 Å². The average molecular weight is 425 g/mol. The van der Waals surface area contributed by atoms with Gasteiger partial charge >= 0.3 is 0 Å². The maximum atomic E-state index is 10.8. The molecule has 0 aromatic heterocycles. The number of allylic oxidation sites excluding steroid dienone is 1. The zero-order chi connectivity index (χ0) is 23.1. The van der Waals surface area contributed by atoms with E-state index in [1.165, 1.54) is 5.57 Å². The molecule has 0 aromatic rings. The van der Waals surface area contributed by atoms with E-state index in [2.05, 4.69) is 61.5 Å². The van der Waals surface area contributed by atoms with Gasteiger partial charge in [0.25, 0.3) is 0 Å². The van der Waals surface area contributed by atoms with E-state index in [1.54, 1.807) is 0 Å². The third-order valence-electron chi connectivity index (χ3n) is 9.12. The van der Waals surface area contributed by atoms with E-state index in [9.17, 15) is 20.4 Å². The highest BCUT2D eigenvalue weighted by atomic mass is 16.5. The lowest BCUT2D eigenvalue weighted by Crippen LogP contribution is -2.46. The van der Waals surface area contributed by atoms with Gasteiger partial charge in [0.05, 0.1) is 12.2 Å². The van der Waals surface area contributed by atoms with E-state index >= 15 is 0 Å². The van der Waals surface area contributed by atoms with E-state index in [0.29, 0.717) is 18.8 Å². The van der Waals surface area contributed by atoms with Crippen molar-refractivity contribution < 1.29 is 20.4 Å². The highest BCUT2D eigenvalue weighted by Crippen LogP contribution is 2.55. The molecule has 0 aromatic carbocycles. The molecule has 0 amide bonds. The summed E-state index contributed by atoms with van der Waals surface area (Å²) in [4.78, 5) is 0. The van der Waals surface area contributed by atoms with Gasteiger partial charge in [0.1, 0.15) is 0 Å². The van der Waals surface area contributed by atoms with Crippen LogP contribution in [0.25, 0.3) is 0 Å². The number of aliphatic hydroxyl groups excluding tert-OH is 3. The molecule has 6 atom stereocenters. The second kappa shape index (κ2) is 9.21. The summed E-state index contributed by atoms with van der Waals surface area (Å²) in [6, 6.07) is 0. The first-order valence-corrected chi connectivity index (χ1v) is 12.0. The predicted octanol–water partition coefficient (Wildman–Crippen LogP) is 4.90. The van der Waals surface area contributed by atoms with Crippen LogP contribution in [-0.4, -0.2) is 38.9 Å². The maximum absolute atomic E-state index is 10.8. The zero-order valence-corrected chi connectivity index (χ0v) is 20.7. The van der Waals surface area contributed by atoms with Crippen molar-refractivity contribution in [3.63, 3.8) is 0 Å². The zero-order valence-electron chi connectivity index (χ0n) is 20.7. The molecule has 0 heterocycles. The van der Waals surface area contributed by atoms with Crippen molar-refractivity contribution in [1.29, 1.82) is 0 Å². The van der Waals surface area contributed by atoms with Crippen LogP contribution in [0.4, 0.5) is 0 Å². The summed E-state index contributed by atoms with van der Waals surface area (Å²) in [5, 5.41) is 41.6. The smallest absolute Gasteiger partial charge is 0.152 e. The van der Waals surface area contributed by atoms with Gasteiger partial charge in [-0.15, -0.1) is 0 Å². The van der Waals surface area contributed by atoms with Gasteiger partial charge in [-0.1, -0.05) is 67.0 Å². The van der Waals surface area contributed by atoms with Gasteiger partial charge in [0.15, 0.2) is 6.29 Å². The summed E-state index contributed by atoms with van der Waals surface area (Å²) in [5.74, 6) is 1.09. The Morgan fingerprint density at radius 1 is 0.933 bits per heavy atom. The van der Waals surface area contributed by atoms with Gasteiger partial charge in [0, 0.05) is 6.42 Å². The second-order valence-corrected chi connectivity index (χ2v) is 12.5. The van der Waals surface area contributed by atoms with E-state index in [4.69, 9.17) is 0 Å². The van der Waals surface area contributed by atoms with E-state index < -0.39 is 6.29 Å². The van der Waals surface area contributed by atoms with E-state index in [-0.39, 0.29) is 46.2 Å². The van der Waals surface area contributed by atoms with Crippen LogP contribution in [0.1, 0.15) is 93.9 Å². The van der Waals surface area contributed by atoms with Crippen LogP contribution < -0.4 is 0 Å². The molecule has 0 radical (unpaired) electrons. The van der Waals surface area contributed by atoms with E-state index in [0.717, 1.165) is 25.7 Å². The molecule has 0 bridgehead atoms.